The van der Waals surface area contributed by atoms with Gasteiger partial charge in [-0.3, -0.25) is 0 Å². The number of hydrogen-bond acceptors (Lipinski definition) is 1. The fourth-order valence-corrected chi connectivity index (χ4v) is 2.24. The number of hydrogen-bond donors (Lipinski definition) is 0. The van der Waals surface area contributed by atoms with Gasteiger partial charge in [-0.1, -0.05) is 63.2 Å². The van der Waals surface area contributed by atoms with Crippen LogP contribution in [0.4, 0.5) is 0 Å². The van der Waals surface area contributed by atoms with Gasteiger partial charge >= 0.3 is 0 Å². The molecule has 19 heavy (non-hydrogen) atoms. The summed E-state index contributed by atoms with van der Waals surface area (Å²) >= 11 is 0. The lowest BCUT2D eigenvalue weighted by Gasteiger charge is -2.18. The van der Waals surface area contributed by atoms with Gasteiger partial charge in [-0.25, -0.2) is 0 Å². The first-order valence-electron chi connectivity index (χ1n) is 6.63. The van der Waals surface area contributed by atoms with Gasteiger partial charge < -0.3 is 4.42 Å². The quantitative estimate of drug-likeness (QED) is 0.563. The lowest BCUT2D eigenvalue weighted by atomic mass is 9.87. The average molecular weight is 250 g/mol. The Morgan fingerprint density at radius 3 is 2.26 bits per heavy atom. The van der Waals surface area contributed by atoms with E-state index in [2.05, 4.69) is 57.2 Å². The van der Waals surface area contributed by atoms with E-state index in [0.29, 0.717) is 0 Å². The van der Waals surface area contributed by atoms with Crippen molar-refractivity contribution < 1.29 is 4.42 Å². The monoisotopic (exact) mass is 250 g/mol. The van der Waals surface area contributed by atoms with Crippen LogP contribution in [0, 0.1) is 0 Å². The van der Waals surface area contributed by atoms with E-state index < -0.39 is 0 Å². The molecule has 0 amide bonds. The van der Waals surface area contributed by atoms with Gasteiger partial charge in [0.15, 0.2) is 0 Å². The van der Waals surface area contributed by atoms with Crippen molar-refractivity contribution in [2.75, 3.05) is 0 Å². The summed E-state index contributed by atoms with van der Waals surface area (Å²) < 4.78 is 5.99. The van der Waals surface area contributed by atoms with Crippen molar-refractivity contribution >= 4 is 11.0 Å². The van der Waals surface area contributed by atoms with E-state index in [1.165, 1.54) is 5.56 Å². The summed E-state index contributed by atoms with van der Waals surface area (Å²) in [5.74, 6) is 0.932. The molecule has 0 unspecified atom stereocenters. The van der Waals surface area contributed by atoms with Crippen LogP contribution in [-0.4, -0.2) is 0 Å². The summed E-state index contributed by atoms with van der Waals surface area (Å²) in [6.07, 6.45) is 0. The van der Waals surface area contributed by atoms with Crippen LogP contribution >= 0.6 is 0 Å². The maximum atomic E-state index is 5.99. The average Bonchev–Trinajstić information content (AvgIpc) is 2.81. The minimum absolute atomic E-state index is 0.147. The minimum atomic E-state index is 0.147. The summed E-state index contributed by atoms with van der Waals surface area (Å²) in [7, 11) is 0. The molecule has 3 aromatic rings. The second-order valence-electron chi connectivity index (χ2n) is 5.98. The van der Waals surface area contributed by atoms with Gasteiger partial charge in [-0.2, -0.15) is 0 Å². The van der Waals surface area contributed by atoms with Crippen molar-refractivity contribution in [1.29, 1.82) is 0 Å². The Balaban J connectivity index is 2.12. The highest BCUT2D eigenvalue weighted by molar-refractivity contribution is 5.83. The highest BCUT2D eigenvalue weighted by atomic mass is 16.3. The van der Waals surface area contributed by atoms with Crippen LogP contribution in [0.1, 0.15) is 26.3 Å². The van der Waals surface area contributed by atoms with Gasteiger partial charge in [0.05, 0.1) is 0 Å². The first kappa shape index (κ1) is 12.0. The minimum Gasteiger partial charge on any atom is -0.456 e. The summed E-state index contributed by atoms with van der Waals surface area (Å²) in [6, 6.07) is 18.8. The smallest absolute Gasteiger partial charge is 0.135 e. The molecule has 3 rings (SSSR count). The largest absolute Gasteiger partial charge is 0.456 e. The molecule has 0 N–H and O–H groups in total. The number of furan rings is 1. The van der Waals surface area contributed by atoms with Gasteiger partial charge in [-0.15, -0.1) is 0 Å². The van der Waals surface area contributed by atoms with E-state index in [9.17, 15) is 0 Å². The zero-order valence-corrected chi connectivity index (χ0v) is 11.6. The predicted octanol–water partition coefficient (Wildman–Crippen LogP) is 5.40. The summed E-state index contributed by atoms with van der Waals surface area (Å²) in [5.41, 5.74) is 3.53. The van der Waals surface area contributed by atoms with Crippen LogP contribution in [0.2, 0.25) is 0 Å². The second-order valence-corrected chi connectivity index (χ2v) is 5.98. The molecule has 2 aromatic carbocycles. The zero-order chi connectivity index (χ0) is 13.5. The molecule has 1 heterocycles. The van der Waals surface area contributed by atoms with Gasteiger partial charge in [0.1, 0.15) is 11.3 Å². The van der Waals surface area contributed by atoms with Crippen molar-refractivity contribution in [3.63, 3.8) is 0 Å². The van der Waals surface area contributed by atoms with E-state index in [1.54, 1.807) is 0 Å². The normalized spacial score (nSPS) is 11.9. The maximum absolute atomic E-state index is 5.99. The lowest BCUT2D eigenvalue weighted by Crippen LogP contribution is -2.10. The Bertz CT molecular complexity index is 699. The molecule has 0 aliphatic rings. The molecular formula is C18H18O. The summed E-state index contributed by atoms with van der Waals surface area (Å²) in [6.45, 7) is 6.65. The molecule has 0 bridgehead atoms. The maximum Gasteiger partial charge on any atom is 0.135 e. The Labute approximate surface area is 113 Å². The third-order valence-corrected chi connectivity index (χ3v) is 3.44. The van der Waals surface area contributed by atoms with Gasteiger partial charge in [0.2, 0.25) is 0 Å². The molecular weight excluding hydrogens is 232 g/mol. The zero-order valence-electron chi connectivity index (χ0n) is 11.6. The van der Waals surface area contributed by atoms with Crippen molar-refractivity contribution in [2.24, 2.45) is 0 Å². The fraction of sp³-hybridized carbons (Fsp3) is 0.222. The summed E-state index contributed by atoms with van der Waals surface area (Å²) in [4.78, 5) is 0. The van der Waals surface area contributed by atoms with Gasteiger partial charge in [0, 0.05) is 10.9 Å². The molecule has 1 heteroatoms. The first-order chi connectivity index (χ1) is 9.04. The number of rotatable bonds is 1. The van der Waals surface area contributed by atoms with Crippen LogP contribution in [0.5, 0.6) is 0 Å². The molecule has 0 aliphatic heterocycles. The molecule has 0 saturated carbocycles. The van der Waals surface area contributed by atoms with E-state index in [4.69, 9.17) is 4.42 Å². The topological polar surface area (TPSA) is 13.1 Å². The standard InChI is InChI=1S/C18H18O/c1-18(2,3)15-10-9-14-11-16(19-17(14)12-15)13-7-5-4-6-8-13/h4-12H,1-3H3. The Kier molecular flexibility index (Phi) is 2.70. The second kappa shape index (κ2) is 4.27. The molecule has 0 aliphatic carbocycles. The van der Waals surface area contributed by atoms with E-state index in [-0.39, 0.29) is 5.41 Å². The van der Waals surface area contributed by atoms with Crippen LogP contribution in [-0.2, 0) is 5.41 Å². The third-order valence-electron chi connectivity index (χ3n) is 3.44. The third kappa shape index (κ3) is 2.28. The van der Waals surface area contributed by atoms with Crippen LogP contribution in [0.25, 0.3) is 22.3 Å². The van der Waals surface area contributed by atoms with E-state index in [1.807, 2.05) is 18.2 Å². The van der Waals surface area contributed by atoms with E-state index in [0.717, 1.165) is 22.3 Å². The first-order valence-corrected chi connectivity index (χ1v) is 6.63. The summed E-state index contributed by atoms with van der Waals surface area (Å²) in [5, 5.41) is 1.16. The van der Waals surface area contributed by atoms with Crippen LogP contribution < -0.4 is 0 Å². The molecule has 0 atom stereocenters. The highest BCUT2D eigenvalue weighted by Gasteiger charge is 2.15. The lowest BCUT2D eigenvalue weighted by molar-refractivity contribution is 0.585. The molecule has 0 spiro atoms. The van der Waals surface area contributed by atoms with Crippen molar-refractivity contribution in [3.8, 4) is 11.3 Å². The molecule has 0 radical (unpaired) electrons. The van der Waals surface area contributed by atoms with Gasteiger partial charge in [0.25, 0.3) is 0 Å². The Morgan fingerprint density at radius 2 is 1.58 bits per heavy atom. The van der Waals surface area contributed by atoms with E-state index >= 15 is 0 Å². The predicted molar refractivity (Wildman–Crippen MR) is 80.4 cm³/mol. The Morgan fingerprint density at radius 1 is 0.842 bits per heavy atom. The SMILES string of the molecule is CC(C)(C)c1ccc2cc(-c3ccccc3)oc2c1. The Hall–Kier alpha value is -2.02. The fourth-order valence-electron chi connectivity index (χ4n) is 2.24. The van der Waals surface area contributed by atoms with Crippen LogP contribution in [0.3, 0.4) is 0 Å². The molecule has 1 nitrogen and oxygen atoms in total. The van der Waals surface area contributed by atoms with Crippen molar-refractivity contribution in [2.45, 2.75) is 26.2 Å². The molecule has 1 aromatic heterocycles. The molecule has 0 fully saturated rings. The van der Waals surface area contributed by atoms with Crippen molar-refractivity contribution in [1.82, 2.24) is 0 Å². The van der Waals surface area contributed by atoms with Crippen LogP contribution in [0.15, 0.2) is 59.0 Å². The van der Waals surface area contributed by atoms with Crippen molar-refractivity contribution in [3.05, 3.63) is 60.2 Å². The highest BCUT2D eigenvalue weighted by Crippen LogP contribution is 2.31. The number of fused-ring (bicyclic) bond motifs is 1. The molecule has 96 valence electrons. The molecule has 0 saturated heterocycles. The number of benzene rings is 2. The van der Waals surface area contributed by atoms with Gasteiger partial charge in [-0.05, 0) is 23.1 Å².